The summed E-state index contributed by atoms with van der Waals surface area (Å²) >= 11 is 0. The minimum Gasteiger partial charge on any atom is -0.383 e. The first kappa shape index (κ1) is 11.5. The molecular formula is C10H20N2O2. The fourth-order valence-corrected chi connectivity index (χ4v) is 1.40. The van der Waals surface area contributed by atoms with Gasteiger partial charge in [-0.1, -0.05) is 12.8 Å². The predicted molar refractivity (Wildman–Crippen MR) is 54.8 cm³/mol. The molecule has 1 rings (SSSR count). The van der Waals surface area contributed by atoms with Gasteiger partial charge in [0.15, 0.2) is 0 Å². The molecule has 1 amide bonds. The molecule has 1 unspecified atom stereocenters. The Bertz CT molecular complexity index is 181. The zero-order valence-corrected chi connectivity index (χ0v) is 8.79. The zero-order valence-electron chi connectivity index (χ0n) is 8.79. The van der Waals surface area contributed by atoms with E-state index in [1.807, 2.05) is 0 Å². The van der Waals surface area contributed by atoms with Crippen molar-refractivity contribution in [3.05, 3.63) is 0 Å². The number of nitrogens with two attached hydrogens (primary N) is 1. The Labute approximate surface area is 85.2 Å². The van der Waals surface area contributed by atoms with E-state index in [9.17, 15) is 4.79 Å². The van der Waals surface area contributed by atoms with Crippen molar-refractivity contribution in [3.8, 4) is 0 Å². The van der Waals surface area contributed by atoms with Crippen molar-refractivity contribution in [2.75, 3.05) is 20.3 Å². The Morgan fingerprint density at radius 2 is 2.36 bits per heavy atom. The van der Waals surface area contributed by atoms with Crippen LogP contribution in [0.2, 0.25) is 0 Å². The highest BCUT2D eigenvalue weighted by Crippen LogP contribution is 2.33. The normalized spacial score (nSPS) is 17.9. The smallest absolute Gasteiger partial charge is 0.239 e. The first-order valence-corrected chi connectivity index (χ1v) is 5.26. The first-order chi connectivity index (χ1) is 6.74. The third-order valence-corrected chi connectivity index (χ3v) is 2.47. The number of nitrogens with one attached hydrogen (secondary N) is 1. The monoisotopic (exact) mass is 200 g/mol. The lowest BCUT2D eigenvalue weighted by molar-refractivity contribution is -0.123. The van der Waals surface area contributed by atoms with E-state index in [0.717, 1.165) is 18.9 Å². The van der Waals surface area contributed by atoms with Gasteiger partial charge in [-0.05, 0) is 18.8 Å². The Balaban J connectivity index is 1.95. The Morgan fingerprint density at radius 1 is 1.64 bits per heavy atom. The Hall–Kier alpha value is -0.610. The van der Waals surface area contributed by atoms with E-state index in [2.05, 4.69) is 5.32 Å². The standard InChI is InChI=1S/C10H20N2O2/c1-14-7-9(11)10(13)12-6-2-3-8-4-5-8/h8-9H,2-7,11H2,1H3,(H,12,13). The van der Waals surface area contributed by atoms with Crippen molar-refractivity contribution in [2.45, 2.75) is 31.7 Å². The maximum atomic E-state index is 11.3. The highest BCUT2D eigenvalue weighted by Gasteiger charge is 2.20. The van der Waals surface area contributed by atoms with E-state index >= 15 is 0 Å². The molecule has 14 heavy (non-hydrogen) atoms. The number of methoxy groups -OCH3 is 1. The van der Waals surface area contributed by atoms with Crippen LogP contribution in [-0.4, -0.2) is 32.2 Å². The number of carbonyl (C=O) groups is 1. The molecule has 0 saturated heterocycles. The zero-order chi connectivity index (χ0) is 10.4. The van der Waals surface area contributed by atoms with Crippen molar-refractivity contribution in [1.29, 1.82) is 0 Å². The maximum absolute atomic E-state index is 11.3. The Morgan fingerprint density at radius 3 is 2.93 bits per heavy atom. The largest absolute Gasteiger partial charge is 0.383 e. The van der Waals surface area contributed by atoms with Gasteiger partial charge < -0.3 is 15.8 Å². The van der Waals surface area contributed by atoms with E-state index in [-0.39, 0.29) is 12.5 Å². The summed E-state index contributed by atoms with van der Waals surface area (Å²) in [5.41, 5.74) is 5.55. The molecule has 4 nitrogen and oxygen atoms in total. The SMILES string of the molecule is COCC(N)C(=O)NCCCC1CC1. The van der Waals surface area contributed by atoms with Gasteiger partial charge in [-0.15, -0.1) is 0 Å². The summed E-state index contributed by atoms with van der Waals surface area (Å²) in [6, 6.07) is -0.527. The molecule has 0 spiro atoms. The molecule has 4 heteroatoms. The van der Waals surface area contributed by atoms with Gasteiger partial charge in [-0.25, -0.2) is 0 Å². The fraction of sp³-hybridized carbons (Fsp3) is 0.900. The summed E-state index contributed by atoms with van der Waals surface area (Å²) in [6.07, 6.45) is 5.05. The van der Waals surface area contributed by atoms with Crippen LogP contribution < -0.4 is 11.1 Å². The third kappa shape index (κ3) is 4.58. The van der Waals surface area contributed by atoms with Crippen LogP contribution in [0.1, 0.15) is 25.7 Å². The van der Waals surface area contributed by atoms with Crippen LogP contribution in [0.25, 0.3) is 0 Å². The molecule has 0 heterocycles. The van der Waals surface area contributed by atoms with E-state index in [1.54, 1.807) is 7.11 Å². The van der Waals surface area contributed by atoms with Crippen LogP contribution in [0.4, 0.5) is 0 Å². The molecule has 0 bridgehead atoms. The number of hydrogen-bond acceptors (Lipinski definition) is 3. The number of ether oxygens (including phenoxy) is 1. The summed E-state index contributed by atoms with van der Waals surface area (Å²) in [5, 5.41) is 2.81. The van der Waals surface area contributed by atoms with Crippen molar-refractivity contribution in [1.82, 2.24) is 5.32 Å². The lowest BCUT2D eigenvalue weighted by atomic mass is 10.2. The molecule has 0 aromatic rings. The molecule has 0 aromatic carbocycles. The molecule has 1 fully saturated rings. The van der Waals surface area contributed by atoms with E-state index in [1.165, 1.54) is 19.3 Å². The molecule has 3 N–H and O–H groups in total. The lowest BCUT2D eigenvalue weighted by Gasteiger charge is -2.10. The summed E-state index contributed by atoms with van der Waals surface area (Å²) in [4.78, 5) is 11.3. The van der Waals surface area contributed by atoms with Gasteiger partial charge in [0.25, 0.3) is 0 Å². The number of carbonyl (C=O) groups excluding carboxylic acids is 1. The summed E-state index contributed by atoms with van der Waals surface area (Å²) in [6.45, 7) is 1.03. The number of rotatable bonds is 7. The molecule has 82 valence electrons. The van der Waals surface area contributed by atoms with Crippen LogP contribution in [-0.2, 0) is 9.53 Å². The van der Waals surface area contributed by atoms with Crippen molar-refractivity contribution in [2.24, 2.45) is 11.7 Å². The van der Waals surface area contributed by atoms with Gasteiger partial charge in [0.2, 0.25) is 5.91 Å². The highest BCUT2D eigenvalue weighted by molar-refractivity contribution is 5.81. The molecule has 0 radical (unpaired) electrons. The van der Waals surface area contributed by atoms with Gasteiger partial charge in [0, 0.05) is 13.7 Å². The van der Waals surface area contributed by atoms with Crippen LogP contribution >= 0.6 is 0 Å². The third-order valence-electron chi connectivity index (χ3n) is 2.47. The Kier molecular flexibility index (Phi) is 4.90. The lowest BCUT2D eigenvalue weighted by Crippen LogP contribution is -2.43. The molecular weight excluding hydrogens is 180 g/mol. The molecule has 0 aliphatic heterocycles. The number of amides is 1. The molecule has 1 saturated carbocycles. The van der Waals surface area contributed by atoms with Gasteiger partial charge in [-0.2, -0.15) is 0 Å². The van der Waals surface area contributed by atoms with E-state index in [0.29, 0.717) is 0 Å². The molecule has 1 aliphatic rings. The topological polar surface area (TPSA) is 64.3 Å². The fourth-order valence-electron chi connectivity index (χ4n) is 1.40. The van der Waals surface area contributed by atoms with Crippen LogP contribution in [0.15, 0.2) is 0 Å². The maximum Gasteiger partial charge on any atom is 0.239 e. The minimum absolute atomic E-state index is 0.109. The highest BCUT2D eigenvalue weighted by atomic mass is 16.5. The quantitative estimate of drug-likeness (QED) is 0.580. The van der Waals surface area contributed by atoms with E-state index < -0.39 is 6.04 Å². The predicted octanol–water partition coefficient (Wildman–Crippen LogP) is 0.267. The van der Waals surface area contributed by atoms with Crippen LogP contribution in [0, 0.1) is 5.92 Å². The van der Waals surface area contributed by atoms with Gasteiger partial charge in [0.1, 0.15) is 6.04 Å². The van der Waals surface area contributed by atoms with Crippen molar-refractivity contribution in [3.63, 3.8) is 0 Å². The average molecular weight is 200 g/mol. The van der Waals surface area contributed by atoms with Gasteiger partial charge in [-0.3, -0.25) is 4.79 Å². The second-order valence-corrected chi connectivity index (χ2v) is 3.94. The second kappa shape index (κ2) is 5.98. The summed E-state index contributed by atoms with van der Waals surface area (Å²) < 4.78 is 4.79. The molecule has 0 aromatic heterocycles. The van der Waals surface area contributed by atoms with E-state index in [4.69, 9.17) is 10.5 Å². The van der Waals surface area contributed by atoms with Crippen LogP contribution in [0.5, 0.6) is 0 Å². The van der Waals surface area contributed by atoms with Crippen molar-refractivity contribution >= 4 is 5.91 Å². The van der Waals surface area contributed by atoms with Gasteiger partial charge >= 0.3 is 0 Å². The van der Waals surface area contributed by atoms with Crippen LogP contribution in [0.3, 0.4) is 0 Å². The van der Waals surface area contributed by atoms with Gasteiger partial charge in [0.05, 0.1) is 6.61 Å². The number of hydrogen-bond donors (Lipinski definition) is 2. The first-order valence-electron chi connectivity index (χ1n) is 5.26. The minimum atomic E-state index is -0.527. The summed E-state index contributed by atoms with van der Waals surface area (Å²) in [5.74, 6) is 0.821. The summed E-state index contributed by atoms with van der Waals surface area (Å²) in [7, 11) is 1.54. The molecule has 1 aliphatic carbocycles. The van der Waals surface area contributed by atoms with Crippen molar-refractivity contribution < 1.29 is 9.53 Å². The second-order valence-electron chi connectivity index (χ2n) is 3.94. The molecule has 1 atom stereocenters. The average Bonchev–Trinajstić information content (AvgIpc) is 2.96.